The van der Waals surface area contributed by atoms with Crippen molar-refractivity contribution in [3.05, 3.63) is 42.1 Å². The molecule has 0 atom stereocenters. The summed E-state index contributed by atoms with van der Waals surface area (Å²) in [6.45, 7) is 4.46. The molecule has 1 aliphatic rings. The smallest absolute Gasteiger partial charge is 0.0705 e. The Hall–Kier alpha value is -1.45. The Kier molecular flexibility index (Phi) is 4.28. The van der Waals surface area contributed by atoms with E-state index < -0.39 is 0 Å². The van der Waals surface area contributed by atoms with Gasteiger partial charge >= 0.3 is 0 Å². The summed E-state index contributed by atoms with van der Waals surface area (Å²) in [7, 11) is 2.21. The Labute approximate surface area is 121 Å². The highest BCUT2D eigenvalue weighted by atomic mass is 15.1. The molecular weight excluding hydrogens is 246 g/mol. The SMILES string of the molecule is CN1CCC(CNCc2ccc3ccccc3n2)CC1. The molecule has 3 heteroatoms. The van der Waals surface area contributed by atoms with Gasteiger partial charge < -0.3 is 10.2 Å². The molecule has 1 aliphatic heterocycles. The fourth-order valence-electron chi connectivity index (χ4n) is 2.88. The van der Waals surface area contributed by atoms with Crippen molar-refractivity contribution in [3.63, 3.8) is 0 Å². The van der Waals surface area contributed by atoms with Gasteiger partial charge in [-0.25, -0.2) is 0 Å². The van der Waals surface area contributed by atoms with Crippen LogP contribution in [0.2, 0.25) is 0 Å². The Morgan fingerprint density at radius 3 is 2.80 bits per heavy atom. The largest absolute Gasteiger partial charge is 0.311 e. The van der Waals surface area contributed by atoms with Gasteiger partial charge in [0, 0.05) is 11.9 Å². The van der Waals surface area contributed by atoms with Crippen LogP contribution >= 0.6 is 0 Å². The summed E-state index contributed by atoms with van der Waals surface area (Å²) in [5, 5.41) is 4.78. The lowest BCUT2D eigenvalue weighted by Gasteiger charge is -2.29. The molecule has 1 fully saturated rings. The van der Waals surface area contributed by atoms with Crippen LogP contribution in [-0.4, -0.2) is 36.6 Å². The zero-order valence-electron chi connectivity index (χ0n) is 12.2. The maximum Gasteiger partial charge on any atom is 0.0705 e. The van der Waals surface area contributed by atoms with E-state index in [2.05, 4.69) is 47.6 Å². The van der Waals surface area contributed by atoms with Gasteiger partial charge in [0.1, 0.15) is 0 Å². The normalized spacial score (nSPS) is 17.6. The van der Waals surface area contributed by atoms with Crippen LogP contribution in [0.4, 0.5) is 0 Å². The number of fused-ring (bicyclic) bond motifs is 1. The van der Waals surface area contributed by atoms with Gasteiger partial charge in [-0.15, -0.1) is 0 Å². The predicted molar refractivity (Wildman–Crippen MR) is 83.7 cm³/mol. The van der Waals surface area contributed by atoms with E-state index in [-0.39, 0.29) is 0 Å². The Balaban J connectivity index is 1.52. The molecule has 2 aromatic rings. The molecule has 20 heavy (non-hydrogen) atoms. The van der Waals surface area contributed by atoms with Crippen LogP contribution in [-0.2, 0) is 6.54 Å². The summed E-state index contributed by atoms with van der Waals surface area (Å²) in [6.07, 6.45) is 2.63. The number of piperidine rings is 1. The second-order valence-corrected chi connectivity index (χ2v) is 5.87. The van der Waals surface area contributed by atoms with Crippen molar-refractivity contribution in [2.24, 2.45) is 5.92 Å². The van der Waals surface area contributed by atoms with Crippen molar-refractivity contribution in [3.8, 4) is 0 Å². The Morgan fingerprint density at radius 1 is 1.15 bits per heavy atom. The third-order valence-corrected chi connectivity index (χ3v) is 4.23. The molecular formula is C17H23N3. The van der Waals surface area contributed by atoms with Gasteiger partial charge in [-0.05, 0) is 57.6 Å². The second-order valence-electron chi connectivity index (χ2n) is 5.87. The minimum atomic E-state index is 0.826. The predicted octanol–water partition coefficient (Wildman–Crippen LogP) is 2.67. The summed E-state index contributed by atoms with van der Waals surface area (Å²) in [4.78, 5) is 7.12. The molecule has 1 aromatic heterocycles. The summed E-state index contributed by atoms with van der Waals surface area (Å²) >= 11 is 0. The van der Waals surface area contributed by atoms with E-state index in [1.165, 1.54) is 31.3 Å². The highest BCUT2D eigenvalue weighted by Crippen LogP contribution is 2.15. The van der Waals surface area contributed by atoms with Crippen LogP contribution in [0.5, 0.6) is 0 Å². The fourth-order valence-corrected chi connectivity index (χ4v) is 2.88. The highest BCUT2D eigenvalue weighted by molar-refractivity contribution is 5.78. The average molecular weight is 269 g/mol. The van der Waals surface area contributed by atoms with Crippen molar-refractivity contribution in [2.75, 3.05) is 26.7 Å². The van der Waals surface area contributed by atoms with Gasteiger partial charge in [0.05, 0.1) is 11.2 Å². The molecule has 1 aromatic carbocycles. The molecule has 2 heterocycles. The molecule has 0 radical (unpaired) electrons. The van der Waals surface area contributed by atoms with Crippen LogP contribution in [0.3, 0.4) is 0 Å². The first-order valence-electron chi connectivity index (χ1n) is 7.55. The van der Waals surface area contributed by atoms with E-state index in [1.807, 2.05) is 6.07 Å². The van der Waals surface area contributed by atoms with Gasteiger partial charge in [0.25, 0.3) is 0 Å². The molecule has 3 rings (SSSR count). The minimum absolute atomic E-state index is 0.826. The molecule has 0 aliphatic carbocycles. The first kappa shape index (κ1) is 13.5. The number of rotatable bonds is 4. The number of pyridine rings is 1. The van der Waals surface area contributed by atoms with Crippen LogP contribution < -0.4 is 5.32 Å². The summed E-state index contributed by atoms with van der Waals surface area (Å²) in [5.41, 5.74) is 2.22. The number of aromatic nitrogens is 1. The number of nitrogens with one attached hydrogen (secondary N) is 1. The van der Waals surface area contributed by atoms with Crippen molar-refractivity contribution >= 4 is 10.9 Å². The topological polar surface area (TPSA) is 28.2 Å². The Bertz CT molecular complexity index is 559. The van der Waals surface area contributed by atoms with Gasteiger partial charge in [-0.3, -0.25) is 4.98 Å². The van der Waals surface area contributed by atoms with Crippen LogP contribution in [0.15, 0.2) is 36.4 Å². The molecule has 0 unspecified atom stereocenters. The summed E-state index contributed by atoms with van der Waals surface area (Å²) in [6, 6.07) is 12.6. The minimum Gasteiger partial charge on any atom is -0.311 e. The van der Waals surface area contributed by atoms with Gasteiger partial charge in [-0.1, -0.05) is 24.3 Å². The average Bonchev–Trinajstić information content (AvgIpc) is 2.49. The van der Waals surface area contributed by atoms with Gasteiger partial charge in [0.2, 0.25) is 0 Å². The van der Waals surface area contributed by atoms with E-state index in [9.17, 15) is 0 Å². The van der Waals surface area contributed by atoms with E-state index in [0.29, 0.717) is 0 Å². The van der Waals surface area contributed by atoms with E-state index in [0.717, 1.165) is 30.2 Å². The van der Waals surface area contributed by atoms with Crippen LogP contribution in [0.25, 0.3) is 10.9 Å². The lowest BCUT2D eigenvalue weighted by Crippen LogP contribution is -2.34. The third kappa shape index (κ3) is 3.35. The van der Waals surface area contributed by atoms with Crippen LogP contribution in [0, 0.1) is 5.92 Å². The van der Waals surface area contributed by atoms with Gasteiger partial charge in [-0.2, -0.15) is 0 Å². The maximum atomic E-state index is 4.70. The monoisotopic (exact) mass is 269 g/mol. The van der Waals surface area contributed by atoms with Crippen molar-refractivity contribution in [1.82, 2.24) is 15.2 Å². The number of likely N-dealkylation sites (tertiary alicyclic amines) is 1. The zero-order valence-corrected chi connectivity index (χ0v) is 12.2. The molecule has 0 spiro atoms. The summed E-state index contributed by atoms with van der Waals surface area (Å²) < 4.78 is 0. The lowest BCUT2D eigenvalue weighted by atomic mass is 9.97. The lowest BCUT2D eigenvalue weighted by molar-refractivity contribution is 0.216. The zero-order chi connectivity index (χ0) is 13.8. The molecule has 1 N–H and O–H groups in total. The van der Waals surface area contributed by atoms with E-state index in [1.54, 1.807) is 0 Å². The number of para-hydroxylation sites is 1. The standard InChI is InChI=1S/C17H23N3/c1-20-10-8-14(9-11-20)12-18-13-16-7-6-15-4-2-3-5-17(15)19-16/h2-7,14,18H,8-13H2,1H3. The van der Waals surface area contributed by atoms with Crippen LogP contribution in [0.1, 0.15) is 18.5 Å². The fraction of sp³-hybridized carbons (Fsp3) is 0.471. The first-order valence-corrected chi connectivity index (χ1v) is 7.55. The first-order chi connectivity index (χ1) is 9.81. The van der Waals surface area contributed by atoms with E-state index >= 15 is 0 Å². The second kappa shape index (κ2) is 6.33. The molecule has 0 saturated carbocycles. The Morgan fingerprint density at radius 2 is 1.95 bits per heavy atom. The molecule has 106 valence electrons. The molecule has 0 amide bonds. The summed E-state index contributed by atoms with van der Waals surface area (Å²) in [5.74, 6) is 0.826. The highest BCUT2D eigenvalue weighted by Gasteiger charge is 2.15. The molecule has 0 bridgehead atoms. The quantitative estimate of drug-likeness (QED) is 0.925. The molecule has 1 saturated heterocycles. The van der Waals surface area contributed by atoms with Gasteiger partial charge in [0.15, 0.2) is 0 Å². The third-order valence-electron chi connectivity index (χ3n) is 4.23. The number of hydrogen-bond donors (Lipinski definition) is 1. The van der Waals surface area contributed by atoms with Crippen molar-refractivity contribution in [2.45, 2.75) is 19.4 Å². The van der Waals surface area contributed by atoms with Crippen molar-refractivity contribution < 1.29 is 0 Å². The number of nitrogens with zero attached hydrogens (tertiary/aromatic N) is 2. The maximum absolute atomic E-state index is 4.70. The number of hydrogen-bond acceptors (Lipinski definition) is 3. The number of benzene rings is 1. The molecule has 3 nitrogen and oxygen atoms in total. The van der Waals surface area contributed by atoms with E-state index in [4.69, 9.17) is 4.98 Å². The van der Waals surface area contributed by atoms with Crippen molar-refractivity contribution in [1.29, 1.82) is 0 Å².